The Kier molecular flexibility index (Phi) is 5.35. The van der Waals surface area contributed by atoms with Gasteiger partial charge in [-0.25, -0.2) is 13.2 Å². The van der Waals surface area contributed by atoms with Crippen molar-refractivity contribution in [3.8, 4) is 0 Å². The fourth-order valence-electron chi connectivity index (χ4n) is 1.70. The lowest BCUT2D eigenvalue weighted by Crippen LogP contribution is -2.27. The molecule has 0 spiro atoms. The van der Waals surface area contributed by atoms with Crippen molar-refractivity contribution in [2.45, 2.75) is 19.9 Å². The van der Waals surface area contributed by atoms with Crippen LogP contribution in [0.15, 0.2) is 24.3 Å². The van der Waals surface area contributed by atoms with Gasteiger partial charge in [-0.3, -0.25) is 0 Å². The first-order valence-corrected chi connectivity index (χ1v) is 7.86. The number of hydrogen-bond acceptors (Lipinski definition) is 5. The highest BCUT2D eigenvalue weighted by Crippen LogP contribution is 2.17. The quantitative estimate of drug-likeness (QED) is 0.806. The van der Waals surface area contributed by atoms with Crippen LogP contribution in [-0.4, -0.2) is 39.0 Å². The minimum atomic E-state index is -3.06. The molecule has 0 saturated heterocycles. The second-order valence-electron chi connectivity index (χ2n) is 4.28. The average Bonchev–Trinajstić information content (AvgIpc) is 2.37. The Labute approximate surface area is 113 Å². The van der Waals surface area contributed by atoms with Gasteiger partial charge in [0.2, 0.25) is 0 Å². The van der Waals surface area contributed by atoms with Gasteiger partial charge in [0.15, 0.2) is 9.84 Å². The van der Waals surface area contributed by atoms with Crippen LogP contribution in [0.25, 0.3) is 0 Å². The van der Waals surface area contributed by atoms with Gasteiger partial charge in [0, 0.05) is 17.5 Å². The molecule has 0 fully saturated rings. The molecule has 1 aromatic carbocycles. The van der Waals surface area contributed by atoms with E-state index in [1.54, 1.807) is 38.1 Å². The molecule has 0 aliphatic carbocycles. The third-order valence-corrected chi connectivity index (χ3v) is 4.57. The summed E-state index contributed by atoms with van der Waals surface area (Å²) in [5.74, 6) is -0.315. The van der Waals surface area contributed by atoms with Crippen LogP contribution < -0.4 is 5.32 Å². The molecule has 1 aromatic rings. The molecule has 19 heavy (non-hydrogen) atoms. The number of methoxy groups -OCH3 is 1. The van der Waals surface area contributed by atoms with Crippen molar-refractivity contribution in [3.63, 3.8) is 0 Å². The van der Waals surface area contributed by atoms with Gasteiger partial charge in [-0.05, 0) is 19.1 Å². The van der Waals surface area contributed by atoms with Crippen molar-refractivity contribution in [3.05, 3.63) is 29.8 Å². The number of carbonyl (C=O) groups excluding carboxylic acids is 1. The molecule has 6 heteroatoms. The SMILES string of the molecule is CCS(=O)(=O)CC(C)Nc1ccccc1C(=O)OC. The number of ether oxygens (including phenoxy) is 1. The highest BCUT2D eigenvalue weighted by molar-refractivity contribution is 7.91. The van der Waals surface area contributed by atoms with E-state index < -0.39 is 15.8 Å². The van der Waals surface area contributed by atoms with Crippen LogP contribution in [0.4, 0.5) is 5.69 Å². The number of para-hydroxylation sites is 1. The predicted octanol–water partition coefficient (Wildman–Crippen LogP) is 1.71. The van der Waals surface area contributed by atoms with E-state index in [1.165, 1.54) is 7.11 Å². The zero-order valence-electron chi connectivity index (χ0n) is 11.3. The standard InChI is InChI=1S/C13H19NO4S/c1-4-19(16,17)9-10(2)14-12-8-6-5-7-11(12)13(15)18-3/h5-8,10,14H,4,9H2,1-3H3. The van der Waals surface area contributed by atoms with Gasteiger partial charge >= 0.3 is 5.97 Å². The number of rotatable bonds is 6. The number of esters is 1. The van der Waals surface area contributed by atoms with Crippen molar-refractivity contribution < 1.29 is 17.9 Å². The average molecular weight is 285 g/mol. The van der Waals surface area contributed by atoms with Crippen molar-refractivity contribution in [1.82, 2.24) is 0 Å². The van der Waals surface area contributed by atoms with Crippen LogP contribution in [0.5, 0.6) is 0 Å². The second-order valence-corrected chi connectivity index (χ2v) is 6.68. The molecule has 0 aliphatic heterocycles. The normalized spacial score (nSPS) is 12.8. The minimum absolute atomic E-state index is 0.0268. The molecule has 1 unspecified atom stereocenters. The first kappa shape index (κ1) is 15.5. The summed E-state index contributed by atoms with van der Waals surface area (Å²) in [6, 6.07) is 6.58. The van der Waals surface area contributed by atoms with Crippen LogP contribution in [-0.2, 0) is 14.6 Å². The maximum absolute atomic E-state index is 11.6. The van der Waals surface area contributed by atoms with E-state index in [0.29, 0.717) is 11.3 Å². The molecule has 0 aromatic heterocycles. The van der Waals surface area contributed by atoms with E-state index >= 15 is 0 Å². The van der Waals surface area contributed by atoms with Crippen molar-refractivity contribution in [2.75, 3.05) is 23.9 Å². The Hall–Kier alpha value is -1.56. The van der Waals surface area contributed by atoms with E-state index in [4.69, 9.17) is 0 Å². The number of hydrogen-bond donors (Lipinski definition) is 1. The molecule has 106 valence electrons. The summed E-state index contributed by atoms with van der Waals surface area (Å²) in [6.07, 6.45) is 0. The molecular formula is C13H19NO4S. The van der Waals surface area contributed by atoms with Crippen LogP contribution in [0.2, 0.25) is 0 Å². The van der Waals surface area contributed by atoms with Crippen molar-refractivity contribution in [1.29, 1.82) is 0 Å². The highest BCUT2D eigenvalue weighted by atomic mass is 32.2. The van der Waals surface area contributed by atoms with E-state index in [1.807, 2.05) is 0 Å². The van der Waals surface area contributed by atoms with E-state index in [2.05, 4.69) is 10.1 Å². The van der Waals surface area contributed by atoms with Crippen LogP contribution >= 0.6 is 0 Å². The molecule has 0 radical (unpaired) electrons. The van der Waals surface area contributed by atoms with Crippen LogP contribution in [0, 0.1) is 0 Å². The van der Waals surface area contributed by atoms with E-state index in [9.17, 15) is 13.2 Å². The summed E-state index contributed by atoms with van der Waals surface area (Å²) in [6.45, 7) is 3.38. The number of anilines is 1. The lowest BCUT2D eigenvalue weighted by Gasteiger charge is -2.17. The van der Waals surface area contributed by atoms with Gasteiger partial charge in [0.05, 0.1) is 18.4 Å². The fourth-order valence-corrected chi connectivity index (χ4v) is 2.78. The number of sulfone groups is 1. The molecule has 0 saturated carbocycles. The zero-order valence-corrected chi connectivity index (χ0v) is 12.2. The van der Waals surface area contributed by atoms with Gasteiger partial charge in [-0.15, -0.1) is 0 Å². The topological polar surface area (TPSA) is 72.5 Å². The summed E-state index contributed by atoms with van der Waals surface area (Å²) in [4.78, 5) is 11.6. The molecule has 5 nitrogen and oxygen atoms in total. The summed E-state index contributed by atoms with van der Waals surface area (Å²) in [7, 11) is -1.75. The Morgan fingerprint density at radius 2 is 2.00 bits per heavy atom. The first-order chi connectivity index (χ1) is 8.89. The predicted molar refractivity (Wildman–Crippen MR) is 75.2 cm³/mol. The van der Waals surface area contributed by atoms with Crippen LogP contribution in [0.1, 0.15) is 24.2 Å². The fraction of sp³-hybridized carbons (Fsp3) is 0.462. The molecule has 0 aliphatic rings. The summed E-state index contributed by atoms with van der Waals surface area (Å²) in [5.41, 5.74) is 0.971. The maximum Gasteiger partial charge on any atom is 0.339 e. The molecule has 0 heterocycles. The lowest BCUT2D eigenvalue weighted by atomic mass is 10.1. The molecular weight excluding hydrogens is 266 g/mol. The highest BCUT2D eigenvalue weighted by Gasteiger charge is 2.16. The smallest absolute Gasteiger partial charge is 0.339 e. The summed E-state index contributed by atoms with van der Waals surface area (Å²) in [5, 5.41) is 3.04. The van der Waals surface area contributed by atoms with Gasteiger partial charge < -0.3 is 10.1 Å². The third-order valence-electron chi connectivity index (χ3n) is 2.68. The van der Waals surface area contributed by atoms with Gasteiger partial charge in [-0.2, -0.15) is 0 Å². The Balaban J connectivity index is 2.85. The largest absolute Gasteiger partial charge is 0.465 e. The number of benzene rings is 1. The van der Waals surface area contributed by atoms with Crippen LogP contribution in [0.3, 0.4) is 0 Å². The third kappa shape index (κ3) is 4.55. The Morgan fingerprint density at radius 3 is 2.58 bits per heavy atom. The molecule has 1 rings (SSSR count). The lowest BCUT2D eigenvalue weighted by molar-refractivity contribution is 0.0602. The van der Waals surface area contributed by atoms with E-state index in [-0.39, 0.29) is 17.5 Å². The Morgan fingerprint density at radius 1 is 1.37 bits per heavy atom. The van der Waals surface area contributed by atoms with Crippen molar-refractivity contribution in [2.24, 2.45) is 0 Å². The number of carbonyl (C=O) groups is 1. The summed E-state index contributed by atoms with van der Waals surface area (Å²) >= 11 is 0. The van der Waals surface area contributed by atoms with Gasteiger partial charge in [0.25, 0.3) is 0 Å². The minimum Gasteiger partial charge on any atom is -0.465 e. The molecule has 0 bridgehead atoms. The molecule has 1 atom stereocenters. The van der Waals surface area contributed by atoms with E-state index in [0.717, 1.165) is 0 Å². The molecule has 1 N–H and O–H groups in total. The molecule has 0 amide bonds. The monoisotopic (exact) mass is 285 g/mol. The Bertz CT molecular complexity index is 539. The second kappa shape index (κ2) is 6.56. The van der Waals surface area contributed by atoms with Crippen molar-refractivity contribution >= 4 is 21.5 Å². The zero-order chi connectivity index (χ0) is 14.5. The van der Waals surface area contributed by atoms with Gasteiger partial charge in [-0.1, -0.05) is 19.1 Å². The number of nitrogens with one attached hydrogen (secondary N) is 1. The maximum atomic E-state index is 11.6. The summed E-state index contributed by atoms with van der Waals surface area (Å²) < 4.78 is 27.8. The van der Waals surface area contributed by atoms with Gasteiger partial charge in [0.1, 0.15) is 0 Å². The first-order valence-electron chi connectivity index (χ1n) is 6.04.